The van der Waals surface area contributed by atoms with Crippen LogP contribution in [0.4, 0.5) is 0 Å². The normalized spacial score (nSPS) is 18.4. The van der Waals surface area contributed by atoms with Crippen molar-refractivity contribution in [3.05, 3.63) is 0 Å². The zero-order valence-corrected chi connectivity index (χ0v) is 12.3. The van der Waals surface area contributed by atoms with Crippen molar-refractivity contribution in [2.24, 2.45) is 0 Å². The summed E-state index contributed by atoms with van der Waals surface area (Å²) in [6, 6.07) is 0.601. The first-order valence-corrected chi connectivity index (χ1v) is 9.11. The lowest BCUT2D eigenvalue weighted by molar-refractivity contribution is 0.122. The van der Waals surface area contributed by atoms with Gasteiger partial charge in [-0.1, -0.05) is 19.3 Å². The molecule has 18 heavy (non-hydrogen) atoms. The highest BCUT2D eigenvalue weighted by atomic mass is 32.2. The molecular weight excluding hydrogens is 250 g/mol. The molecule has 0 unspecified atom stereocenters. The van der Waals surface area contributed by atoms with Crippen LogP contribution in [0.3, 0.4) is 0 Å². The molecule has 0 saturated heterocycles. The van der Waals surface area contributed by atoms with Gasteiger partial charge < -0.3 is 5.11 Å². The van der Waals surface area contributed by atoms with Gasteiger partial charge in [0.2, 0.25) is 0 Å². The summed E-state index contributed by atoms with van der Waals surface area (Å²) in [6.07, 6.45) is 9.29. The van der Waals surface area contributed by atoms with E-state index in [2.05, 4.69) is 4.90 Å². The van der Waals surface area contributed by atoms with Crippen LogP contribution in [0.15, 0.2) is 0 Å². The standard InChI is InChI=1S/C13H27NO3S/c1-18(16,17)12-6-5-9-14(10-11-15)13-7-3-2-4-8-13/h13,15H,2-12H2,1H3. The molecule has 1 aliphatic rings. The maximum atomic E-state index is 11.0. The first-order valence-electron chi connectivity index (χ1n) is 7.05. The van der Waals surface area contributed by atoms with E-state index in [0.717, 1.165) is 25.9 Å². The second kappa shape index (κ2) is 8.12. The van der Waals surface area contributed by atoms with Crippen LogP contribution < -0.4 is 0 Å². The first-order chi connectivity index (χ1) is 8.53. The van der Waals surface area contributed by atoms with Gasteiger partial charge in [0.15, 0.2) is 0 Å². The van der Waals surface area contributed by atoms with E-state index >= 15 is 0 Å². The molecule has 0 aromatic heterocycles. The lowest BCUT2D eigenvalue weighted by atomic mass is 9.94. The van der Waals surface area contributed by atoms with Gasteiger partial charge in [0, 0.05) is 24.6 Å². The van der Waals surface area contributed by atoms with Crippen molar-refractivity contribution < 1.29 is 13.5 Å². The molecule has 0 amide bonds. The van der Waals surface area contributed by atoms with Crippen LogP contribution in [0.2, 0.25) is 0 Å². The van der Waals surface area contributed by atoms with E-state index in [1.807, 2.05) is 0 Å². The Hall–Kier alpha value is -0.130. The lowest BCUT2D eigenvalue weighted by Crippen LogP contribution is -2.39. The van der Waals surface area contributed by atoms with Crippen LogP contribution in [0.1, 0.15) is 44.9 Å². The summed E-state index contributed by atoms with van der Waals surface area (Å²) in [6.45, 7) is 1.84. The van der Waals surface area contributed by atoms with Gasteiger partial charge in [-0.2, -0.15) is 0 Å². The Morgan fingerprint density at radius 3 is 2.33 bits per heavy atom. The fraction of sp³-hybridized carbons (Fsp3) is 1.00. The fourth-order valence-corrected chi connectivity index (χ4v) is 3.46. The zero-order valence-electron chi connectivity index (χ0n) is 11.5. The molecule has 0 atom stereocenters. The number of nitrogens with zero attached hydrogens (tertiary/aromatic N) is 1. The third kappa shape index (κ3) is 6.71. The number of aliphatic hydroxyl groups excluding tert-OH is 1. The van der Waals surface area contributed by atoms with Gasteiger partial charge in [0.25, 0.3) is 0 Å². The average molecular weight is 277 g/mol. The molecule has 0 spiro atoms. The van der Waals surface area contributed by atoms with E-state index in [1.165, 1.54) is 38.4 Å². The number of hydrogen-bond donors (Lipinski definition) is 1. The van der Waals surface area contributed by atoms with Gasteiger partial charge in [0.1, 0.15) is 9.84 Å². The Balaban J connectivity index is 2.28. The van der Waals surface area contributed by atoms with Crippen LogP contribution >= 0.6 is 0 Å². The van der Waals surface area contributed by atoms with E-state index in [0.29, 0.717) is 6.04 Å². The number of hydrogen-bond acceptors (Lipinski definition) is 4. The summed E-state index contributed by atoms with van der Waals surface area (Å²) < 4.78 is 22.1. The molecule has 0 heterocycles. The molecule has 4 nitrogen and oxygen atoms in total. The quantitative estimate of drug-likeness (QED) is 0.682. The molecule has 0 aromatic carbocycles. The van der Waals surface area contributed by atoms with Gasteiger partial charge >= 0.3 is 0 Å². The highest BCUT2D eigenvalue weighted by Crippen LogP contribution is 2.22. The Morgan fingerprint density at radius 2 is 1.78 bits per heavy atom. The van der Waals surface area contributed by atoms with Gasteiger partial charge in [0.05, 0.1) is 6.61 Å². The second-order valence-electron chi connectivity index (χ2n) is 5.39. The Kier molecular flexibility index (Phi) is 7.19. The van der Waals surface area contributed by atoms with E-state index in [4.69, 9.17) is 5.11 Å². The summed E-state index contributed by atoms with van der Waals surface area (Å²) >= 11 is 0. The first kappa shape index (κ1) is 15.9. The van der Waals surface area contributed by atoms with Gasteiger partial charge in [-0.05, 0) is 32.2 Å². The molecule has 1 aliphatic carbocycles. The Morgan fingerprint density at radius 1 is 1.11 bits per heavy atom. The largest absolute Gasteiger partial charge is 0.395 e. The third-order valence-corrected chi connectivity index (χ3v) is 4.72. The predicted octanol–water partition coefficient (Wildman–Crippen LogP) is 1.44. The molecule has 1 N–H and O–H groups in total. The number of unbranched alkanes of at least 4 members (excludes halogenated alkanes) is 1. The summed E-state index contributed by atoms with van der Waals surface area (Å²) in [5, 5.41) is 9.12. The summed E-state index contributed by atoms with van der Waals surface area (Å²) in [4.78, 5) is 2.35. The molecule has 1 fully saturated rings. The van der Waals surface area contributed by atoms with Crippen LogP contribution in [0.25, 0.3) is 0 Å². The van der Waals surface area contributed by atoms with Crippen molar-refractivity contribution >= 4 is 9.84 Å². The SMILES string of the molecule is CS(=O)(=O)CCCCN(CCO)C1CCCCC1. The van der Waals surface area contributed by atoms with Crippen LogP contribution in [0.5, 0.6) is 0 Å². The van der Waals surface area contributed by atoms with Crippen molar-refractivity contribution in [3.63, 3.8) is 0 Å². The van der Waals surface area contributed by atoms with Crippen molar-refractivity contribution in [1.82, 2.24) is 4.90 Å². The predicted molar refractivity (Wildman–Crippen MR) is 74.5 cm³/mol. The summed E-state index contributed by atoms with van der Waals surface area (Å²) in [5.74, 6) is 0.282. The van der Waals surface area contributed by atoms with Crippen molar-refractivity contribution in [3.8, 4) is 0 Å². The molecule has 0 aliphatic heterocycles. The van der Waals surface area contributed by atoms with Crippen LogP contribution in [-0.2, 0) is 9.84 Å². The molecule has 0 radical (unpaired) electrons. The maximum absolute atomic E-state index is 11.0. The van der Waals surface area contributed by atoms with Crippen molar-refractivity contribution in [2.75, 3.05) is 31.7 Å². The number of aliphatic hydroxyl groups is 1. The summed E-state index contributed by atoms with van der Waals surface area (Å²) in [5.41, 5.74) is 0. The van der Waals surface area contributed by atoms with Crippen molar-refractivity contribution in [1.29, 1.82) is 0 Å². The molecule has 108 valence electrons. The second-order valence-corrected chi connectivity index (χ2v) is 7.65. The van der Waals surface area contributed by atoms with E-state index in [1.54, 1.807) is 0 Å². The fourth-order valence-electron chi connectivity index (χ4n) is 2.73. The lowest BCUT2D eigenvalue weighted by Gasteiger charge is -2.34. The van der Waals surface area contributed by atoms with Crippen molar-refractivity contribution in [2.45, 2.75) is 51.0 Å². The molecule has 0 aromatic rings. The monoisotopic (exact) mass is 277 g/mol. The topological polar surface area (TPSA) is 57.6 Å². The van der Waals surface area contributed by atoms with Gasteiger partial charge in [-0.15, -0.1) is 0 Å². The third-order valence-electron chi connectivity index (χ3n) is 3.69. The van der Waals surface area contributed by atoms with E-state index < -0.39 is 9.84 Å². The minimum Gasteiger partial charge on any atom is -0.395 e. The molecule has 5 heteroatoms. The number of sulfone groups is 1. The molecular formula is C13H27NO3S. The van der Waals surface area contributed by atoms with Crippen LogP contribution in [0, 0.1) is 0 Å². The van der Waals surface area contributed by atoms with Gasteiger partial charge in [-0.25, -0.2) is 8.42 Å². The minimum atomic E-state index is -2.83. The minimum absolute atomic E-state index is 0.197. The maximum Gasteiger partial charge on any atom is 0.147 e. The van der Waals surface area contributed by atoms with Gasteiger partial charge in [-0.3, -0.25) is 4.90 Å². The highest BCUT2D eigenvalue weighted by Gasteiger charge is 2.20. The van der Waals surface area contributed by atoms with E-state index in [9.17, 15) is 8.42 Å². The average Bonchev–Trinajstić information content (AvgIpc) is 2.33. The molecule has 1 saturated carbocycles. The highest BCUT2D eigenvalue weighted by molar-refractivity contribution is 7.90. The smallest absolute Gasteiger partial charge is 0.147 e. The summed E-state index contributed by atoms with van der Waals surface area (Å²) in [7, 11) is -2.83. The molecule has 1 rings (SSSR count). The zero-order chi connectivity index (χ0) is 13.4. The van der Waals surface area contributed by atoms with E-state index in [-0.39, 0.29) is 12.4 Å². The number of rotatable bonds is 8. The Bertz CT molecular complexity index is 310. The Labute approximate surface area is 111 Å². The van der Waals surface area contributed by atoms with Crippen LogP contribution in [-0.4, -0.2) is 56.2 Å². The molecule has 0 bridgehead atoms.